The number of carboxylic acid groups (broad SMARTS) is 1. The molecule has 0 saturated carbocycles. The van der Waals surface area contributed by atoms with Crippen molar-refractivity contribution in [3.05, 3.63) is 22.5 Å². The Hall–Kier alpha value is -1.78. The van der Waals surface area contributed by atoms with Gasteiger partial charge in [0.1, 0.15) is 5.69 Å². The van der Waals surface area contributed by atoms with Crippen molar-refractivity contribution in [2.24, 2.45) is 5.92 Å². The Morgan fingerprint density at radius 2 is 2.00 bits per heavy atom. The van der Waals surface area contributed by atoms with Gasteiger partial charge in [0.15, 0.2) is 0 Å². The third-order valence-corrected chi connectivity index (χ3v) is 2.91. The molecule has 5 heteroatoms. The van der Waals surface area contributed by atoms with Gasteiger partial charge in [-0.05, 0) is 31.4 Å². The molecule has 0 radical (unpaired) electrons. The minimum absolute atomic E-state index is 0.401. The molecule has 0 aliphatic rings. The van der Waals surface area contributed by atoms with Crippen LogP contribution < -0.4 is 0 Å². The topological polar surface area (TPSA) is 79.4 Å². The lowest BCUT2D eigenvalue weighted by atomic mass is 9.98. The SMILES string of the molecule is COC(=O)c1[nH]c(C)c(C[C@H](C)C(=O)O)c1C. The predicted molar refractivity (Wildman–Crippen MR) is 62.1 cm³/mol. The Morgan fingerprint density at radius 3 is 2.47 bits per heavy atom. The maximum Gasteiger partial charge on any atom is 0.354 e. The minimum atomic E-state index is -0.843. The van der Waals surface area contributed by atoms with E-state index in [9.17, 15) is 9.59 Å². The highest BCUT2D eigenvalue weighted by atomic mass is 16.5. The second kappa shape index (κ2) is 5.03. The van der Waals surface area contributed by atoms with Crippen LogP contribution in [0.1, 0.15) is 34.2 Å². The first-order valence-electron chi connectivity index (χ1n) is 5.37. The monoisotopic (exact) mass is 239 g/mol. The van der Waals surface area contributed by atoms with Crippen LogP contribution in [0.5, 0.6) is 0 Å². The highest BCUT2D eigenvalue weighted by Crippen LogP contribution is 2.21. The molecule has 1 atom stereocenters. The number of H-pyrrole nitrogens is 1. The highest BCUT2D eigenvalue weighted by molar-refractivity contribution is 5.89. The van der Waals surface area contributed by atoms with Gasteiger partial charge in [-0.2, -0.15) is 0 Å². The van der Waals surface area contributed by atoms with Gasteiger partial charge in [-0.15, -0.1) is 0 Å². The second-order valence-electron chi connectivity index (χ2n) is 4.16. The van der Waals surface area contributed by atoms with Crippen molar-refractivity contribution in [1.29, 1.82) is 0 Å². The van der Waals surface area contributed by atoms with Crippen LogP contribution >= 0.6 is 0 Å². The zero-order chi connectivity index (χ0) is 13.2. The first-order chi connectivity index (χ1) is 7.88. The molecule has 1 heterocycles. The van der Waals surface area contributed by atoms with Crippen LogP contribution in [0.2, 0.25) is 0 Å². The number of methoxy groups -OCH3 is 1. The van der Waals surface area contributed by atoms with Gasteiger partial charge in [0.05, 0.1) is 13.0 Å². The quantitative estimate of drug-likeness (QED) is 0.783. The number of aromatic amines is 1. The van der Waals surface area contributed by atoms with Crippen molar-refractivity contribution < 1.29 is 19.4 Å². The van der Waals surface area contributed by atoms with E-state index >= 15 is 0 Å². The summed E-state index contributed by atoms with van der Waals surface area (Å²) in [5.41, 5.74) is 2.86. The summed E-state index contributed by atoms with van der Waals surface area (Å²) in [4.78, 5) is 25.2. The van der Waals surface area contributed by atoms with E-state index in [1.165, 1.54) is 7.11 Å². The molecule has 0 aliphatic heterocycles. The molecule has 0 saturated heterocycles. The number of aromatic nitrogens is 1. The first kappa shape index (κ1) is 13.3. The lowest BCUT2D eigenvalue weighted by molar-refractivity contribution is -0.141. The maximum atomic E-state index is 11.4. The Kier molecular flexibility index (Phi) is 3.93. The molecule has 0 fully saturated rings. The van der Waals surface area contributed by atoms with E-state index in [-0.39, 0.29) is 0 Å². The smallest absolute Gasteiger partial charge is 0.354 e. The Balaban J connectivity index is 3.05. The summed E-state index contributed by atoms with van der Waals surface area (Å²) in [7, 11) is 1.32. The van der Waals surface area contributed by atoms with Crippen molar-refractivity contribution >= 4 is 11.9 Å². The molecular weight excluding hydrogens is 222 g/mol. The summed E-state index contributed by atoms with van der Waals surface area (Å²) in [6.07, 6.45) is 0.403. The van der Waals surface area contributed by atoms with Crippen molar-refractivity contribution in [3.63, 3.8) is 0 Å². The van der Waals surface area contributed by atoms with Gasteiger partial charge >= 0.3 is 11.9 Å². The number of rotatable bonds is 4. The predicted octanol–water partition coefficient (Wildman–Crippen LogP) is 1.68. The molecule has 0 amide bonds. The average molecular weight is 239 g/mol. The molecule has 0 aliphatic carbocycles. The van der Waals surface area contributed by atoms with Crippen LogP contribution in [-0.4, -0.2) is 29.1 Å². The number of hydrogen-bond acceptors (Lipinski definition) is 3. The molecule has 1 aromatic heterocycles. The fraction of sp³-hybridized carbons (Fsp3) is 0.500. The Morgan fingerprint density at radius 1 is 1.41 bits per heavy atom. The number of ether oxygens (including phenoxy) is 1. The van der Waals surface area contributed by atoms with Crippen molar-refractivity contribution in [2.45, 2.75) is 27.2 Å². The average Bonchev–Trinajstić information content (AvgIpc) is 2.55. The molecule has 0 spiro atoms. The van der Waals surface area contributed by atoms with E-state index in [4.69, 9.17) is 5.11 Å². The fourth-order valence-electron chi connectivity index (χ4n) is 1.79. The second-order valence-corrected chi connectivity index (χ2v) is 4.16. The van der Waals surface area contributed by atoms with Crippen molar-refractivity contribution in [2.75, 3.05) is 7.11 Å². The van der Waals surface area contributed by atoms with Gasteiger partial charge in [-0.3, -0.25) is 4.79 Å². The van der Waals surface area contributed by atoms with Gasteiger partial charge in [0.25, 0.3) is 0 Å². The minimum Gasteiger partial charge on any atom is -0.481 e. The lowest BCUT2D eigenvalue weighted by Crippen LogP contribution is -2.13. The van der Waals surface area contributed by atoms with Gasteiger partial charge in [-0.1, -0.05) is 6.92 Å². The molecule has 2 N–H and O–H groups in total. The zero-order valence-corrected chi connectivity index (χ0v) is 10.5. The summed E-state index contributed by atoms with van der Waals surface area (Å²) in [5.74, 6) is -1.75. The number of aryl methyl sites for hydroxylation is 1. The number of hydrogen-bond donors (Lipinski definition) is 2. The molecule has 0 bridgehead atoms. The molecule has 0 unspecified atom stereocenters. The van der Waals surface area contributed by atoms with Crippen molar-refractivity contribution in [1.82, 2.24) is 4.98 Å². The van der Waals surface area contributed by atoms with Gasteiger partial charge in [0, 0.05) is 5.69 Å². The number of carboxylic acids is 1. The van der Waals surface area contributed by atoms with E-state index < -0.39 is 17.9 Å². The van der Waals surface area contributed by atoms with Crippen LogP contribution in [0.3, 0.4) is 0 Å². The Bertz CT molecular complexity index is 448. The van der Waals surface area contributed by atoms with Gasteiger partial charge in [0.2, 0.25) is 0 Å². The molecule has 17 heavy (non-hydrogen) atoms. The molecular formula is C12H17NO4. The molecule has 0 aromatic carbocycles. The van der Waals surface area contributed by atoms with Gasteiger partial charge in [-0.25, -0.2) is 4.79 Å². The Labute approximate surface area is 99.8 Å². The lowest BCUT2D eigenvalue weighted by Gasteiger charge is -2.07. The van der Waals surface area contributed by atoms with Crippen LogP contribution in [0.25, 0.3) is 0 Å². The number of nitrogens with one attached hydrogen (secondary N) is 1. The first-order valence-corrected chi connectivity index (χ1v) is 5.37. The molecule has 94 valence electrons. The summed E-state index contributed by atoms with van der Waals surface area (Å²) >= 11 is 0. The van der Waals surface area contributed by atoms with Crippen LogP contribution in [0.15, 0.2) is 0 Å². The molecule has 1 aromatic rings. The fourth-order valence-corrected chi connectivity index (χ4v) is 1.79. The standard InChI is InChI=1S/C12H17NO4/c1-6(11(14)15)5-9-7(2)10(12(16)17-4)13-8(9)3/h6,13H,5H2,1-4H3,(H,14,15)/t6-/m0/s1. The zero-order valence-electron chi connectivity index (χ0n) is 10.5. The van der Waals surface area contributed by atoms with E-state index in [0.717, 1.165) is 16.8 Å². The van der Waals surface area contributed by atoms with E-state index in [1.807, 2.05) is 6.92 Å². The number of carbonyl (C=O) groups is 2. The normalized spacial score (nSPS) is 12.2. The summed E-state index contributed by atoms with van der Waals surface area (Å²) in [5, 5.41) is 8.89. The number of aliphatic carboxylic acids is 1. The van der Waals surface area contributed by atoms with Crippen LogP contribution in [0, 0.1) is 19.8 Å². The molecule has 1 rings (SSSR count). The third kappa shape index (κ3) is 2.67. The highest BCUT2D eigenvalue weighted by Gasteiger charge is 2.21. The van der Waals surface area contributed by atoms with Crippen molar-refractivity contribution in [3.8, 4) is 0 Å². The van der Waals surface area contributed by atoms with E-state index in [1.54, 1.807) is 13.8 Å². The van der Waals surface area contributed by atoms with E-state index in [0.29, 0.717) is 12.1 Å². The largest absolute Gasteiger partial charge is 0.481 e. The number of carbonyl (C=O) groups excluding carboxylic acids is 1. The summed E-state index contributed by atoms with van der Waals surface area (Å²) < 4.78 is 4.65. The maximum absolute atomic E-state index is 11.4. The summed E-state index contributed by atoms with van der Waals surface area (Å²) in [6, 6.07) is 0. The summed E-state index contributed by atoms with van der Waals surface area (Å²) in [6.45, 7) is 5.26. The van der Waals surface area contributed by atoms with Crippen LogP contribution in [0.4, 0.5) is 0 Å². The van der Waals surface area contributed by atoms with Crippen LogP contribution in [-0.2, 0) is 16.0 Å². The third-order valence-electron chi connectivity index (χ3n) is 2.91. The molecule has 5 nitrogen and oxygen atoms in total. The number of esters is 1. The van der Waals surface area contributed by atoms with E-state index in [2.05, 4.69) is 9.72 Å². The van der Waals surface area contributed by atoms with Gasteiger partial charge < -0.3 is 14.8 Å².